The van der Waals surface area contributed by atoms with Crippen molar-refractivity contribution in [3.63, 3.8) is 0 Å². The van der Waals surface area contributed by atoms with E-state index in [0.717, 1.165) is 39.6 Å². The van der Waals surface area contributed by atoms with Crippen LogP contribution in [0.25, 0.3) is 61.4 Å². The molecule has 5 aromatic carbocycles. The van der Waals surface area contributed by atoms with Crippen molar-refractivity contribution in [2.45, 2.75) is 6.92 Å². The van der Waals surface area contributed by atoms with Crippen LogP contribution in [-0.4, -0.2) is 14.5 Å². The molecule has 180 valence electrons. The highest BCUT2D eigenvalue weighted by Crippen LogP contribution is 2.33. The zero-order valence-corrected chi connectivity index (χ0v) is 21.0. The Kier molecular flexibility index (Phi) is 5.33. The molecule has 0 aliphatic rings. The number of aromatic nitrogens is 3. The van der Waals surface area contributed by atoms with Gasteiger partial charge in [-0.3, -0.25) is 0 Å². The fourth-order valence-corrected chi connectivity index (χ4v) is 5.21. The van der Waals surface area contributed by atoms with Crippen molar-refractivity contribution in [2.75, 3.05) is 0 Å². The van der Waals surface area contributed by atoms with Gasteiger partial charge in [-0.1, -0.05) is 90.5 Å². The van der Waals surface area contributed by atoms with Crippen molar-refractivity contribution in [1.29, 1.82) is 0 Å². The molecule has 0 atom stereocenters. The molecular weight excluding hydrogens is 462 g/mol. The van der Waals surface area contributed by atoms with Crippen LogP contribution in [-0.2, 0) is 0 Å². The van der Waals surface area contributed by atoms with Crippen LogP contribution >= 0.6 is 0 Å². The largest absolute Gasteiger partial charge is 0.309 e. The topological polar surface area (TPSA) is 30.7 Å². The highest BCUT2D eigenvalue weighted by molar-refractivity contribution is 6.09. The van der Waals surface area contributed by atoms with Gasteiger partial charge in [-0.05, 0) is 55.5 Å². The zero-order valence-electron chi connectivity index (χ0n) is 21.0. The molecule has 2 aromatic heterocycles. The van der Waals surface area contributed by atoms with E-state index >= 15 is 0 Å². The number of benzene rings is 5. The van der Waals surface area contributed by atoms with Gasteiger partial charge in [0.15, 0.2) is 5.82 Å². The third kappa shape index (κ3) is 3.86. The van der Waals surface area contributed by atoms with Crippen molar-refractivity contribution in [1.82, 2.24) is 14.5 Å². The first kappa shape index (κ1) is 22.2. The lowest BCUT2D eigenvalue weighted by molar-refractivity contribution is 1.16. The van der Waals surface area contributed by atoms with Crippen molar-refractivity contribution in [2.24, 2.45) is 0 Å². The summed E-state index contributed by atoms with van der Waals surface area (Å²) in [7, 11) is 0. The number of hydrogen-bond acceptors (Lipinski definition) is 2. The molecule has 0 saturated carbocycles. The van der Waals surface area contributed by atoms with Crippen LogP contribution in [0, 0.1) is 6.92 Å². The summed E-state index contributed by atoms with van der Waals surface area (Å²) < 4.78 is 2.34. The SMILES string of the molecule is Cc1ccc2c(c1)c1ccccc1n2-c1ccc(-c2nc(-c3ccccc3)cc(-c3ccccc3)n2)cc1. The average Bonchev–Trinajstić information content (AvgIpc) is 3.31. The Morgan fingerprint density at radius 3 is 1.71 bits per heavy atom. The minimum atomic E-state index is 0.717. The van der Waals surface area contributed by atoms with E-state index in [4.69, 9.17) is 9.97 Å². The van der Waals surface area contributed by atoms with Crippen molar-refractivity contribution < 1.29 is 0 Å². The molecule has 0 aliphatic heterocycles. The fourth-order valence-electron chi connectivity index (χ4n) is 5.21. The Bertz CT molecular complexity index is 1840. The molecule has 0 aliphatic carbocycles. The van der Waals surface area contributed by atoms with Gasteiger partial charge in [0.25, 0.3) is 0 Å². The standard InChI is InChI=1S/C35H25N3/c1-24-16-21-34-30(22-24)29-14-8-9-15-33(29)38(34)28-19-17-27(18-20-28)35-36-31(25-10-4-2-5-11-25)23-32(37-35)26-12-6-3-7-13-26/h2-23H,1H3. The molecule has 0 N–H and O–H groups in total. The van der Waals surface area contributed by atoms with Gasteiger partial charge in [-0.25, -0.2) is 9.97 Å². The van der Waals surface area contributed by atoms with E-state index in [1.54, 1.807) is 0 Å². The second-order valence-corrected chi connectivity index (χ2v) is 9.61. The summed E-state index contributed by atoms with van der Waals surface area (Å²) >= 11 is 0. The monoisotopic (exact) mass is 487 g/mol. The van der Waals surface area contributed by atoms with Crippen LogP contribution in [0.3, 0.4) is 0 Å². The Morgan fingerprint density at radius 2 is 1.05 bits per heavy atom. The average molecular weight is 488 g/mol. The quantitative estimate of drug-likeness (QED) is 0.248. The first-order valence-electron chi connectivity index (χ1n) is 12.9. The van der Waals surface area contributed by atoms with Gasteiger partial charge in [0, 0.05) is 33.2 Å². The minimum absolute atomic E-state index is 0.717. The minimum Gasteiger partial charge on any atom is -0.309 e. The molecule has 0 radical (unpaired) electrons. The van der Waals surface area contributed by atoms with Gasteiger partial charge >= 0.3 is 0 Å². The molecule has 0 saturated heterocycles. The van der Waals surface area contributed by atoms with Crippen molar-refractivity contribution in [3.8, 4) is 39.6 Å². The molecular formula is C35H25N3. The third-order valence-corrected chi connectivity index (χ3v) is 7.08. The first-order valence-corrected chi connectivity index (χ1v) is 12.9. The summed E-state index contributed by atoms with van der Waals surface area (Å²) in [5.41, 5.74) is 9.75. The zero-order chi connectivity index (χ0) is 25.5. The Balaban J connectivity index is 1.37. The maximum atomic E-state index is 4.98. The first-order chi connectivity index (χ1) is 18.7. The van der Waals surface area contributed by atoms with Gasteiger partial charge < -0.3 is 4.57 Å². The van der Waals surface area contributed by atoms with Crippen molar-refractivity contribution in [3.05, 3.63) is 139 Å². The van der Waals surface area contributed by atoms with Gasteiger partial charge in [-0.15, -0.1) is 0 Å². The Morgan fingerprint density at radius 1 is 0.474 bits per heavy atom. The van der Waals surface area contributed by atoms with E-state index in [1.165, 1.54) is 27.4 Å². The van der Waals surface area contributed by atoms with Crippen LogP contribution in [0.2, 0.25) is 0 Å². The molecule has 3 nitrogen and oxygen atoms in total. The number of rotatable bonds is 4. The molecule has 7 rings (SSSR count). The number of fused-ring (bicyclic) bond motifs is 3. The smallest absolute Gasteiger partial charge is 0.160 e. The van der Waals surface area contributed by atoms with Gasteiger partial charge in [0.2, 0.25) is 0 Å². The summed E-state index contributed by atoms with van der Waals surface area (Å²) in [5, 5.41) is 2.54. The molecule has 7 aromatic rings. The van der Waals surface area contributed by atoms with E-state index in [0.29, 0.717) is 0 Å². The molecule has 0 unspecified atom stereocenters. The maximum Gasteiger partial charge on any atom is 0.160 e. The molecule has 3 heteroatoms. The van der Waals surface area contributed by atoms with Crippen LogP contribution in [0.4, 0.5) is 0 Å². The molecule has 0 spiro atoms. The van der Waals surface area contributed by atoms with Crippen LogP contribution in [0.5, 0.6) is 0 Å². The number of nitrogens with zero attached hydrogens (tertiary/aromatic N) is 3. The number of aryl methyl sites for hydroxylation is 1. The van der Waals surface area contributed by atoms with Gasteiger partial charge in [-0.2, -0.15) is 0 Å². The fraction of sp³-hybridized carbons (Fsp3) is 0.0286. The van der Waals surface area contributed by atoms with E-state index in [2.05, 4.69) is 109 Å². The molecule has 2 heterocycles. The van der Waals surface area contributed by atoms with Crippen molar-refractivity contribution >= 4 is 21.8 Å². The molecule has 38 heavy (non-hydrogen) atoms. The molecule has 0 amide bonds. The second kappa shape index (κ2) is 9.13. The highest BCUT2D eigenvalue weighted by Gasteiger charge is 2.14. The van der Waals surface area contributed by atoms with Gasteiger partial charge in [0.05, 0.1) is 22.4 Å². The van der Waals surface area contributed by atoms with Crippen LogP contribution in [0.1, 0.15) is 5.56 Å². The van der Waals surface area contributed by atoms with Crippen LogP contribution in [0.15, 0.2) is 133 Å². The molecule has 0 fully saturated rings. The number of para-hydroxylation sites is 1. The number of hydrogen-bond donors (Lipinski definition) is 0. The lowest BCUT2D eigenvalue weighted by Gasteiger charge is -2.11. The summed E-state index contributed by atoms with van der Waals surface area (Å²) in [4.78, 5) is 9.97. The maximum absolute atomic E-state index is 4.98. The summed E-state index contributed by atoms with van der Waals surface area (Å²) in [6.45, 7) is 2.15. The summed E-state index contributed by atoms with van der Waals surface area (Å²) in [6, 6.07) is 46.5. The Hall–Kier alpha value is -5.02. The lowest BCUT2D eigenvalue weighted by Crippen LogP contribution is -1.97. The predicted octanol–water partition coefficient (Wildman–Crippen LogP) is 8.88. The van der Waals surface area contributed by atoms with Gasteiger partial charge in [0.1, 0.15) is 0 Å². The normalized spacial score (nSPS) is 11.3. The predicted molar refractivity (Wildman–Crippen MR) is 157 cm³/mol. The van der Waals surface area contributed by atoms with E-state index in [9.17, 15) is 0 Å². The second-order valence-electron chi connectivity index (χ2n) is 9.61. The van der Waals surface area contributed by atoms with Crippen LogP contribution < -0.4 is 0 Å². The van der Waals surface area contributed by atoms with E-state index in [-0.39, 0.29) is 0 Å². The van der Waals surface area contributed by atoms with E-state index < -0.39 is 0 Å². The lowest BCUT2D eigenvalue weighted by atomic mass is 10.1. The Labute approximate surface area is 221 Å². The summed E-state index contributed by atoms with van der Waals surface area (Å²) in [6.07, 6.45) is 0. The summed E-state index contributed by atoms with van der Waals surface area (Å²) in [5.74, 6) is 0.717. The third-order valence-electron chi connectivity index (χ3n) is 7.08. The van der Waals surface area contributed by atoms with E-state index in [1.807, 2.05) is 36.4 Å². The molecule has 0 bridgehead atoms. The highest BCUT2D eigenvalue weighted by atomic mass is 15.0.